The molecule has 0 saturated carbocycles. The summed E-state index contributed by atoms with van der Waals surface area (Å²) in [5.41, 5.74) is 1.39. The first-order chi connectivity index (χ1) is 7.79. The second-order valence-corrected chi connectivity index (χ2v) is 3.45. The number of ether oxygens (including phenoxy) is 2. The first-order valence-electron chi connectivity index (χ1n) is 5.05. The fraction of sp³-hybridized carbons (Fsp3) is 0.250. The van der Waals surface area contributed by atoms with Gasteiger partial charge in [0.15, 0.2) is 0 Å². The van der Waals surface area contributed by atoms with Gasteiger partial charge in [0.05, 0.1) is 25.6 Å². The van der Waals surface area contributed by atoms with Gasteiger partial charge in [0, 0.05) is 18.2 Å². The van der Waals surface area contributed by atoms with E-state index in [9.17, 15) is 4.79 Å². The van der Waals surface area contributed by atoms with Crippen LogP contribution in [0.5, 0.6) is 5.75 Å². The molecule has 0 aromatic heterocycles. The van der Waals surface area contributed by atoms with Gasteiger partial charge in [0.1, 0.15) is 5.75 Å². The first kappa shape index (κ1) is 10.5. The highest BCUT2D eigenvalue weighted by atomic mass is 16.5. The summed E-state index contributed by atoms with van der Waals surface area (Å²) in [5.74, 6) is 0.597. The van der Waals surface area contributed by atoms with Crippen molar-refractivity contribution in [3.63, 3.8) is 0 Å². The Bertz CT molecular complexity index is 426. The summed E-state index contributed by atoms with van der Waals surface area (Å²) in [5, 5.41) is 2.79. The summed E-state index contributed by atoms with van der Waals surface area (Å²) in [6, 6.07) is 7.24. The number of nitrogens with one attached hydrogen (secondary N) is 1. The highest BCUT2D eigenvalue weighted by molar-refractivity contribution is 6.03. The van der Waals surface area contributed by atoms with Crippen molar-refractivity contribution in [3.05, 3.63) is 36.1 Å². The Morgan fingerprint density at radius 2 is 2.38 bits per heavy atom. The molecular weight excluding hydrogens is 206 g/mol. The highest BCUT2D eigenvalue weighted by Gasteiger charge is 2.14. The topological polar surface area (TPSA) is 47.6 Å². The van der Waals surface area contributed by atoms with Crippen LogP contribution in [0, 0.1) is 0 Å². The number of rotatable bonds is 3. The normalized spacial score (nSPS) is 13.9. The van der Waals surface area contributed by atoms with Crippen molar-refractivity contribution in [1.29, 1.82) is 0 Å². The molecule has 2 rings (SSSR count). The van der Waals surface area contributed by atoms with Crippen LogP contribution in [-0.2, 0) is 9.53 Å². The second kappa shape index (κ2) is 4.70. The Morgan fingerprint density at radius 3 is 3.06 bits per heavy atom. The second-order valence-electron chi connectivity index (χ2n) is 3.45. The summed E-state index contributed by atoms with van der Waals surface area (Å²) in [6.07, 6.45) is 2.17. The predicted molar refractivity (Wildman–Crippen MR) is 60.3 cm³/mol. The maximum absolute atomic E-state index is 11.7. The summed E-state index contributed by atoms with van der Waals surface area (Å²) in [7, 11) is 1.59. The largest absolute Gasteiger partial charge is 0.500 e. The maximum atomic E-state index is 11.7. The lowest BCUT2D eigenvalue weighted by Crippen LogP contribution is -2.13. The van der Waals surface area contributed by atoms with Crippen molar-refractivity contribution in [2.75, 3.05) is 19.0 Å². The minimum absolute atomic E-state index is 0.120. The molecule has 84 valence electrons. The minimum Gasteiger partial charge on any atom is -0.500 e. The molecule has 1 N–H and O–H groups in total. The molecule has 0 fully saturated rings. The van der Waals surface area contributed by atoms with Gasteiger partial charge in [-0.3, -0.25) is 4.79 Å². The molecule has 0 bridgehead atoms. The van der Waals surface area contributed by atoms with Crippen LogP contribution in [-0.4, -0.2) is 19.6 Å². The van der Waals surface area contributed by atoms with Crippen LogP contribution in [0.3, 0.4) is 0 Å². The number of amides is 1. The molecule has 1 aliphatic rings. The number of hydrogen-bond donors (Lipinski definition) is 1. The zero-order chi connectivity index (χ0) is 11.4. The van der Waals surface area contributed by atoms with Crippen molar-refractivity contribution in [3.8, 4) is 5.75 Å². The lowest BCUT2D eigenvalue weighted by atomic mass is 10.2. The lowest BCUT2D eigenvalue weighted by Gasteiger charge is -2.06. The Balaban J connectivity index is 2.05. The Hall–Kier alpha value is -1.97. The van der Waals surface area contributed by atoms with E-state index in [2.05, 4.69) is 5.32 Å². The summed E-state index contributed by atoms with van der Waals surface area (Å²) in [6.45, 7) is 0.584. The fourth-order valence-corrected chi connectivity index (χ4v) is 1.47. The zero-order valence-electron chi connectivity index (χ0n) is 9.03. The molecule has 0 spiro atoms. The number of methoxy groups -OCH3 is 1. The first-order valence-corrected chi connectivity index (χ1v) is 5.05. The smallest absolute Gasteiger partial charge is 0.254 e. The molecule has 1 heterocycles. The molecule has 0 aliphatic carbocycles. The average Bonchev–Trinajstić information content (AvgIpc) is 2.83. The third kappa shape index (κ3) is 2.34. The monoisotopic (exact) mass is 219 g/mol. The molecule has 0 atom stereocenters. The molecule has 1 amide bonds. The van der Waals surface area contributed by atoms with Gasteiger partial charge in [-0.05, 0) is 12.1 Å². The summed E-state index contributed by atoms with van der Waals surface area (Å²) >= 11 is 0. The Kier molecular flexibility index (Phi) is 3.10. The van der Waals surface area contributed by atoms with Gasteiger partial charge in [0.2, 0.25) is 0 Å². The number of hydrogen-bond acceptors (Lipinski definition) is 3. The van der Waals surface area contributed by atoms with E-state index in [-0.39, 0.29) is 5.91 Å². The zero-order valence-corrected chi connectivity index (χ0v) is 9.03. The van der Waals surface area contributed by atoms with E-state index < -0.39 is 0 Å². The van der Waals surface area contributed by atoms with E-state index in [1.165, 1.54) is 6.26 Å². The van der Waals surface area contributed by atoms with Gasteiger partial charge >= 0.3 is 0 Å². The lowest BCUT2D eigenvalue weighted by molar-refractivity contribution is -0.112. The van der Waals surface area contributed by atoms with E-state index >= 15 is 0 Å². The van der Waals surface area contributed by atoms with Crippen molar-refractivity contribution in [2.24, 2.45) is 0 Å². The van der Waals surface area contributed by atoms with Crippen LogP contribution in [0.15, 0.2) is 36.1 Å². The quantitative estimate of drug-likeness (QED) is 0.845. The van der Waals surface area contributed by atoms with Crippen LogP contribution >= 0.6 is 0 Å². The van der Waals surface area contributed by atoms with Gasteiger partial charge < -0.3 is 14.8 Å². The highest BCUT2D eigenvalue weighted by Crippen LogP contribution is 2.18. The van der Waals surface area contributed by atoms with Crippen LogP contribution in [0.1, 0.15) is 6.42 Å². The van der Waals surface area contributed by atoms with Gasteiger partial charge in [-0.1, -0.05) is 6.07 Å². The van der Waals surface area contributed by atoms with E-state index in [0.717, 1.165) is 11.4 Å². The van der Waals surface area contributed by atoms with E-state index in [1.807, 2.05) is 18.2 Å². The number of benzene rings is 1. The van der Waals surface area contributed by atoms with Crippen molar-refractivity contribution in [2.45, 2.75) is 6.42 Å². The predicted octanol–water partition coefficient (Wildman–Crippen LogP) is 1.94. The van der Waals surface area contributed by atoms with Gasteiger partial charge in [-0.25, -0.2) is 0 Å². The van der Waals surface area contributed by atoms with Crippen LogP contribution in [0.25, 0.3) is 0 Å². The van der Waals surface area contributed by atoms with Crippen LogP contribution in [0.2, 0.25) is 0 Å². The van der Waals surface area contributed by atoms with Gasteiger partial charge in [-0.2, -0.15) is 0 Å². The van der Waals surface area contributed by atoms with E-state index in [0.29, 0.717) is 18.6 Å². The number of carbonyl (C=O) groups excluding carboxylic acids is 1. The standard InChI is InChI=1S/C12H13NO3/c1-15-11-4-2-3-10(7-11)13-12(14)9-5-6-16-8-9/h2-4,7-8H,5-6H2,1H3,(H,13,14). The number of carbonyl (C=O) groups is 1. The molecule has 1 aromatic carbocycles. The summed E-state index contributed by atoms with van der Waals surface area (Å²) in [4.78, 5) is 11.7. The van der Waals surface area contributed by atoms with Gasteiger partial charge in [-0.15, -0.1) is 0 Å². The molecule has 4 nitrogen and oxygen atoms in total. The van der Waals surface area contributed by atoms with Crippen molar-refractivity contribution >= 4 is 11.6 Å². The molecule has 0 unspecified atom stereocenters. The van der Waals surface area contributed by atoms with E-state index in [4.69, 9.17) is 9.47 Å². The minimum atomic E-state index is -0.120. The third-order valence-electron chi connectivity index (χ3n) is 2.33. The van der Waals surface area contributed by atoms with E-state index in [1.54, 1.807) is 13.2 Å². The number of anilines is 1. The van der Waals surface area contributed by atoms with Crippen LogP contribution in [0.4, 0.5) is 5.69 Å². The molecular formula is C12H13NO3. The van der Waals surface area contributed by atoms with Gasteiger partial charge in [0.25, 0.3) is 5.91 Å². The summed E-state index contributed by atoms with van der Waals surface area (Å²) < 4.78 is 10.1. The third-order valence-corrected chi connectivity index (χ3v) is 2.33. The van der Waals surface area contributed by atoms with Crippen molar-refractivity contribution < 1.29 is 14.3 Å². The fourth-order valence-electron chi connectivity index (χ4n) is 1.47. The SMILES string of the molecule is COc1cccc(NC(=O)C2=COCC2)c1. The molecule has 1 aromatic rings. The average molecular weight is 219 g/mol. The van der Waals surface area contributed by atoms with Crippen molar-refractivity contribution in [1.82, 2.24) is 0 Å². The molecule has 0 saturated heterocycles. The Labute approximate surface area is 93.9 Å². The maximum Gasteiger partial charge on any atom is 0.254 e. The molecule has 0 radical (unpaired) electrons. The molecule has 1 aliphatic heterocycles. The molecule has 4 heteroatoms. The Morgan fingerprint density at radius 1 is 1.50 bits per heavy atom. The molecule has 16 heavy (non-hydrogen) atoms. The van der Waals surface area contributed by atoms with Crippen LogP contribution < -0.4 is 10.1 Å².